The van der Waals surface area contributed by atoms with E-state index < -0.39 is 0 Å². The van der Waals surface area contributed by atoms with Crippen LogP contribution in [0.3, 0.4) is 0 Å². The molecular weight excluding hydrogens is 174 g/mol. The van der Waals surface area contributed by atoms with Crippen molar-refractivity contribution in [2.45, 2.75) is 31.1 Å². The van der Waals surface area contributed by atoms with Gasteiger partial charge in [0.2, 0.25) is 0 Å². The Kier molecular flexibility index (Phi) is 1.37. The molecule has 1 saturated carbocycles. The van der Waals surface area contributed by atoms with Crippen LogP contribution in [0.2, 0.25) is 0 Å². The molecule has 1 aromatic rings. The van der Waals surface area contributed by atoms with E-state index in [2.05, 4.69) is 6.07 Å². The highest BCUT2D eigenvalue weighted by molar-refractivity contribution is 5.99. The molecule has 0 unspecified atom stereocenters. The Morgan fingerprint density at radius 2 is 2.07 bits per heavy atom. The van der Waals surface area contributed by atoms with Crippen LogP contribution in [0.4, 0.5) is 5.69 Å². The van der Waals surface area contributed by atoms with Crippen LogP contribution >= 0.6 is 0 Å². The molecule has 0 aromatic heterocycles. The second kappa shape index (κ2) is 2.38. The van der Waals surface area contributed by atoms with Crippen molar-refractivity contribution in [3.05, 3.63) is 29.3 Å². The van der Waals surface area contributed by atoms with E-state index >= 15 is 0 Å². The molecule has 3 rings (SSSR count). The normalized spacial score (nSPS) is 22.1. The summed E-state index contributed by atoms with van der Waals surface area (Å²) >= 11 is 0. The number of rotatable bonds is 0. The van der Waals surface area contributed by atoms with Crippen LogP contribution < -0.4 is 5.73 Å². The molecule has 0 bridgehead atoms. The van der Waals surface area contributed by atoms with Gasteiger partial charge < -0.3 is 5.73 Å². The number of Topliss-reactive ketones (excluding diaryl/α,β-unsaturated/α-hetero) is 1. The van der Waals surface area contributed by atoms with Crippen LogP contribution in [0.5, 0.6) is 0 Å². The fraction of sp³-hybridized carbons (Fsp3) is 0.417. The Balaban J connectivity index is 2.22. The van der Waals surface area contributed by atoms with E-state index in [9.17, 15) is 4.79 Å². The quantitative estimate of drug-likeness (QED) is 0.629. The predicted octanol–water partition coefficient (Wildman–Crippen LogP) is 1.82. The smallest absolute Gasteiger partial charge is 0.147 e. The molecule has 0 aliphatic heterocycles. The zero-order valence-electron chi connectivity index (χ0n) is 8.05. The lowest BCUT2D eigenvalue weighted by molar-refractivity contribution is -0.125. The predicted molar refractivity (Wildman–Crippen MR) is 55.1 cm³/mol. The zero-order valence-corrected chi connectivity index (χ0v) is 8.05. The summed E-state index contributed by atoms with van der Waals surface area (Å²) in [5.41, 5.74) is 8.86. The summed E-state index contributed by atoms with van der Waals surface area (Å²) in [6, 6.07) is 5.94. The van der Waals surface area contributed by atoms with Gasteiger partial charge in [-0.25, -0.2) is 0 Å². The van der Waals surface area contributed by atoms with Crippen LogP contribution in [-0.4, -0.2) is 5.78 Å². The Morgan fingerprint density at radius 1 is 1.29 bits per heavy atom. The van der Waals surface area contributed by atoms with Gasteiger partial charge in [0.15, 0.2) is 0 Å². The maximum atomic E-state index is 11.9. The first kappa shape index (κ1) is 8.04. The van der Waals surface area contributed by atoms with Crippen LogP contribution in [0.25, 0.3) is 0 Å². The van der Waals surface area contributed by atoms with Crippen molar-refractivity contribution in [2.24, 2.45) is 0 Å². The molecule has 1 spiro atoms. The van der Waals surface area contributed by atoms with Crippen LogP contribution in [0, 0.1) is 0 Å². The third-order valence-electron chi connectivity index (χ3n) is 3.81. The van der Waals surface area contributed by atoms with Crippen LogP contribution in [-0.2, 0) is 16.6 Å². The number of ketones is 1. The van der Waals surface area contributed by atoms with Crippen molar-refractivity contribution in [1.29, 1.82) is 0 Å². The molecule has 2 aliphatic carbocycles. The maximum Gasteiger partial charge on any atom is 0.147 e. The Hall–Kier alpha value is -1.31. The summed E-state index contributed by atoms with van der Waals surface area (Å²) in [4.78, 5) is 11.9. The number of carbonyl (C=O) groups excluding carboxylic acids is 1. The Labute approximate surface area is 83.1 Å². The van der Waals surface area contributed by atoms with Gasteiger partial charge in [-0.05, 0) is 30.0 Å². The fourth-order valence-corrected chi connectivity index (χ4v) is 2.81. The average Bonchev–Trinajstić information content (AvgIpc) is 2.38. The first-order valence-corrected chi connectivity index (χ1v) is 5.15. The summed E-state index contributed by atoms with van der Waals surface area (Å²) in [7, 11) is 0. The van der Waals surface area contributed by atoms with Crippen LogP contribution in [0.1, 0.15) is 30.4 Å². The van der Waals surface area contributed by atoms with Gasteiger partial charge in [-0.3, -0.25) is 4.79 Å². The highest BCUT2D eigenvalue weighted by atomic mass is 16.1. The largest absolute Gasteiger partial charge is 0.398 e. The minimum atomic E-state index is -0.120. The van der Waals surface area contributed by atoms with Gasteiger partial charge >= 0.3 is 0 Å². The number of benzene rings is 1. The third-order valence-corrected chi connectivity index (χ3v) is 3.81. The summed E-state index contributed by atoms with van der Waals surface area (Å²) in [5, 5.41) is 0. The van der Waals surface area contributed by atoms with E-state index in [0.29, 0.717) is 12.2 Å². The van der Waals surface area contributed by atoms with E-state index in [4.69, 9.17) is 5.73 Å². The number of hydrogen-bond donors (Lipinski definition) is 1. The highest BCUT2D eigenvalue weighted by Crippen LogP contribution is 2.51. The van der Waals surface area contributed by atoms with Crippen molar-refractivity contribution in [1.82, 2.24) is 0 Å². The van der Waals surface area contributed by atoms with Gasteiger partial charge in [-0.1, -0.05) is 18.6 Å². The molecule has 0 heterocycles. The number of anilines is 1. The first-order chi connectivity index (χ1) is 6.74. The molecular formula is C12H13NO. The average molecular weight is 187 g/mol. The summed E-state index contributed by atoms with van der Waals surface area (Å²) < 4.78 is 0. The number of fused-ring (bicyclic) bond motifs is 2. The van der Waals surface area contributed by atoms with Crippen molar-refractivity contribution in [3.63, 3.8) is 0 Å². The standard InChI is InChI=1S/C12H13NO/c13-10-4-1-3-9-8(10)7-11(14)12(9)5-2-6-12/h1,3-4H,2,5-7,13H2. The molecule has 2 nitrogen and oxygen atoms in total. The highest BCUT2D eigenvalue weighted by Gasteiger charge is 2.50. The van der Waals surface area contributed by atoms with E-state index in [0.717, 1.165) is 24.1 Å². The molecule has 1 fully saturated rings. The summed E-state index contributed by atoms with van der Waals surface area (Å²) in [6.07, 6.45) is 3.80. The van der Waals surface area contributed by atoms with Crippen molar-refractivity contribution in [2.75, 3.05) is 5.73 Å². The van der Waals surface area contributed by atoms with Gasteiger partial charge in [0.05, 0.1) is 5.41 Å². The molecule has 1 aromatic carbocycles. The second-order valence-electron chi connectivity index (χ2n) is 4.41. The fourth-order valence-electron chi connectivity index (χ4n) is 2.81. The number of hydrogen-bond acceptors (Lipinski definition) is 2. The molecule has 14 heavy (non-hydrogen) atoms. The van der Waals surface area contributed by atoms with E-state index in [1.165, 1.54) is 12.0 Å². The Morgan fingerprint density at radius 3 is 2.71 bits per heavy atom. The monoisotopic (exact) mass is 187 g/mol. The van der Waals surface area contributed by atoms with Crippen molar-refractivity contribution < 1.29 is 4.79 Å². The second-order valence-corrected chi connectivity index (χ2v) is 4.41. The molecule has 2 heteroatoms. The minimum Gasteiger partial charge on any atom is -0.398 e. The third kappa shape index (κ3) is 0.746. The van der Waals surface area contributed by atoms with Gasteiger partial charge in [0.1, 0.15) is 5.78 Å². The van der Waals surface area contributed by atoms with Gasteiger partial charge in [-0.2, -0.15) is 0 Å². The number of nitrogens with two attached hydrogens (primary N) is 1. The van der Waals surface area contributed by atoms with Gasteiger partial charge in [-0.15, -0.1) is 0 Å². The van der Waals surface area contributed by atoms with E-state index in [1.807, 2.05) is 12.1 Å². The topological polar surface area (TPSA) is 43.1 Å². The van der Waals surface area contributed by atoms with Gasteiger partial charge in [0, 0.05) is 12.1 Å². The lowest BCUT2D eigenvalue weighted by Crippen LogP contribution is -2.39. The molecule has 2 N–H and O–H groups in total. The minimum absolute atomic E-state index is 0.120. The number of carbonyl (C=O) groups is 1. The zero-order chi connectivity index (χ0) is 9.76. The molecule has 0 atom stereocenters. The van der Waals surface area contributed by atoms with E-state index in [-0.39, 0.29) is 5.41 Å². The lowest BCUT2D eigenvalue weighted by atomic mass is 9.64. The van der Waals surface area contributed by atoms with Gasteiger partial charge in [0.25, 0.3) is 0 Å². The molecule has 72 valence electrons. The SMILES string of the molecule is Nc1cccc2c1CC(=O)C21CCC1. The molecule has 0 saturated heterocycles. The van der Waals surface area contributed by atoms with Crippen molar-refractivity contribution in [3.8, 4) is 0 Å². The molecule has 0 radical (unpaired) electrons. The first-order valence-electron chi connectivity index (χ1n) is 5.15. The number of nitrogen functional groups attached to an aromatic ring is 1. The summed E-state index contributed by atoms with van der Waals surface area (Å²) in [6.45, 7) is 0. The lowest BCUT2D eigenvalue weighted by Gasteiger charge is -2.37. The van der Waals surface area contributed by atoms with Crippen molar-refractivity contribution >= 4 is 11.5 Å². The van der Waals surface area contributed by atoms with Crippen LogP contribution in [0.15, 0.2) is 18.2 Å². The molecule has 0 amide bonds. The Bertz CT molecular complexity index is 418. The molecule has 2 aliphatic rings. The summed E-state index contributed by atoms with van der Waals surface area (Å²) in [5.74, 6) is 0.386. The maximum absolute atomic E-state index is 11.9. The van der Waals surface area contributed by atoms with E-state index in [1.54, 1.807) is 0 Å².